The molecule has 2 aromatic rings. The predicted octanol–water partition coefficient (Wildman–Crippen LogP) is 2.98. The van der Waals surface area contributed by atoms with Crippen LogP contribution in [0.4, 0.5) is 5.13 Å². The second-order valence-corrected chi connectivity index (χ2v) is 5.38. The van der Waals surface area contributed by atoms with Crippen molar-refractivity contribution in [2.75, 3.05) is 19.0 Å². The number of esters is 1. The zero-order valence-corrected chi connectivity index (χ0v) is 13.6. The number of aromatic nitrogens is 1. The normalized spacial score (nSPS) is 10.5. The van der Waals surface area contributed by atoms with Crippen molar-refractivity contribution in [3.8, 4) is 5.75 Å². The molecule has 1 heterocycles. The Morgan fingerprint density at radius 2 is 2.04 bits per heavy atom. The second kappa shape index (κ2) is 8.09. The van der Waals surface area contributed by atoms with Crippen molar-refractivity contribution in [1.82, 2.24) is 4.98 Å². The number of hydrogen-bond donors (Lipinski definition) is 1. The summed E-state index contributed by atoms with van der Waals surface area (Å²) < 4.78 is 9.93. The Bertz CT molecular complexity index is 707. The van der Waals surface area contributed by atoms with Gasteiger partial charge in [0.15, 0.2) is 5.13 Å². The van der Waals surface area contributed by atoms with E-state index in [0.717, 1.165) is 22.6 Å². The van der Waals surface area contributed by atoms with Crippen molar-refractivity contribution in [1.29, 1.82) is 0 Å². The molecule has 1 N–H and O–H groups in total. The molecule has 0 aliphatic rings. The Labute approximate surface area is 137 Å². The minimum atomic E-state index is -0.479. The van der Waals surface area contributed by atoms with Gasteiger partial charge in [0.25, 0.3) is 0 Å². The first-order chi connectivity index (χ1) is 11.1. The van der Waals surface area contributed by atoms with Gasteiger partial charge in [-0.1, -0.05) is 23.5 Å². The highest BCUT2D eigenvalue weighted by Gasteiger charge is 2.11. The minimum Gasteiger partial charge on any atom is -0.494 e. The number of ether oxygens (including phenoxy) is 2. The molecule has 0 aliphatic carbocycles. The predicted molar refractivity (Wildman–Crippen MR) is 88.7 cm³/mol. The molecule has 0 saturated heterocycles. The van der Waals surface area contributed by atoms with E-state index in [-0.39, 0.29) is 5.91 Å². The van der Waals surface area contributed by atoms with Gasteiger partial charge in [0.05, 0.1) is 19.9 Å². The number of hydrogen-bond acceptors (Lipinski definition) is 6. The van der Waals surface area contributed by atoms with Crippen molar-refractivity contribution < 1.29 is 19.1 Å². The number of nitrogens with one attached hydrogen (secondary N) is 1. The van der Waals surface area contributed by atoms with Crippen LogP contribution in [-0.4, -0.2) is 30.6 Å². The molecule has 23 heavy (non-hydrogen) atoms. The summed E-state index contributed by atoms with van der Waals surface area (Å²) >= 11 is 1.05. The summed E-state index contributed by atoms with van der Waals surface area (Å²) in [5.41, 5.74) is 0.873. The first-order valence-electron chi connectivity index (χ1n) is 6.88. The van der Waals surface area contributed by atoms with Crippen LogP contribution in [0.25, 0.3) is 6.08 Å². The maximum absolute atomic E-state index is 11.8. The van der Waals surface area contributed by atoms with Crippen molar-refractivity contribution in [2.45, 2.75) is 6.92 Å². The number of nitrogens with zero attached hydrogens (tertiary/aromatic N) is 1. The largest absolute Gasteiger partial charge is 0.494 e. The summed E-state index contributed by atoms with van der Waals surface area (Å²) in [6.07, 6.45) is 4.44. The van der Waals surface area contributed by atoms with E-state index in [2.05, 4.69) is 15.0 Å². The van der Waals surface area contributed by atoms with Gasteiger partial charge in [0.1, 0.15) is 10.6 Å². The fraction of sp³-hybridized carbons (Fsp3) is 0.188. The topological polar surface area (TPSA) is 77.5 Å². The molecule has 1 aromatic carbocycles. The Morgan fingerprint density at radius 3 is 2.70 bits per heavy atom. The lowest BCUT2D eigenvalue weighted by Crippen LogP contribution is -2.07. The Balaban J connectivity index is 1.93. The summed E-state index contributed by atoms with van der Waals surface area (Å²) in [4.78, 5) is 27.4. The smallest absolute Gasteiger partial charge is 0.349 e. The van der Waals surface area contributed by atoms with Crippen molar-refractivity contribution >= 4 is 34.4 Å². The van der Waals surface area contributed by atoms with E-state index in [0.29, 0.717) is 16.6 Å². The SMILES string of the molecule is CCOc1ccc(/C=C/C(=O)Nc2ncc(C(=O)OC)s2)cc1. The molecule has 6 nitrogen and oxygen atoms in total. The average molecular weight is 332 g/mol. The maximum Gasteiger partial charge on any atom is 0.349 e. The van der Waals surface area contributed by atoms with Crippen LogP contribution in [0.1, 0.15) is 22.2 Å². The molecule has 2 rings (SSSR count). The molecule has 0 spiro atoms. The molecule has 1 aromatic heterocycles. The summed E-state index contributed by atoms with van der Waals surface area (Å²) in [6.45, 7) is 2.53. The van der Waals surface area contributed by atoms with E-state index in [9.17, 15) is 9.59 Å². The molecule has 0 radical (unpaired) electrons. The standard InChI is InChI=1S/C16H16N2O4S/c1-3-22-12-7-4-11(5-8-12)6-9-14(19)18-16-17-10-13(23-16)15(20)21-2/h4-10H,3H2,1-2H3,(H,17,18,19)/b9-6+. The first-order valence-corrected chi connectivity index (χ1v) is 7.70. The number of benzene rings is 1. The van der Waals surface area contributed by atoms with Crippen LogP contribution in [0.2, 0.25) is 0 Å². The average Bonchev–Trinajstić information content (AvgIpc) is 3.02. The fourth-order valence-corrected chi connectivity index (χ4v) is 2.43. The molecule has 7 heteroatoms. The van der Waals surface area contributed by atoms with Crippen LogP contribution < -0.4 is 10.1 Å². The number of carbonyl (C=O) groups is 2. The van der Waals surface area contributed by atoms with Gasteiger partial charge in [0, 0.05) is 6.08 Å². The van der Waals surface area contributed by atoms with E-state index in [1.54, 1.807) is 6.08 Å². The van der Waals surface area contributed by atoms with E-state index in [1.807, 2.05) is 31.2 Å². The number of thiazole rings is 1. The highest BCUT2D eigenvalue weighted by atomic mass is 32.1. The molecule has 0 bridgehead atoms. The van der Waals surface area contributed by atoms with Gasteiger partial charge in [-0.3, -0.25) is 10.1 Å². The zero-order chi connectivity index (χ0) is 16.7. The highest BCUT2D eigenvalue weighted by molar-refractivity contribution is 7.17. The van der Waals surface area contributed by atoms with Crippen molar-refractivity contribution in [3.05, 3.63) is 47.0 Å². The molecule has 0 unspecified atom stereocenters. The number of methoxy groups -OCH3 is 1. The lowest BCUT2D eigenvalue weighted by molar-refractivity contribution is -0.111. The van der Waals surface area contributed by atoms with Crippen molar-refractivity contribution in [3.63, 3.8) is 0 Å². The van der Waals surface area contributed by atoms with E-state index in [1.165, 1.54) is 19.4 Å². The maximum atomic E-state index is 11.8. The number of carbonyl (C=O) groups excluding carboxylic acids is 2. The molecule has 1 amide bonds. The van der Waals surface area contributed by atoms with Gasteiger partial charge in [0.2, 0.25) is 5.91 Å². The van der Waals surface area contributed by atoms with Gasteiger partial charge in [-0.05, 0) is 30.7 Å². The Hall–Kier alpha value is -2.67. The second-order valence-electron chi connectivity index (χ2n) is 4.35. The zero-order valence-electron chi connectivity index (χ0n) is 12.7. The van der Waals surface area contributed by atoms with Gasteiger partial charge < -0.3 is 9.47 Å². The van der Waals surface area contributed by atoms with Gasteiger partial charge in [-0.25, -0.2) is 9.78 Å². The van der Waals surface area contributed by atoms with Crippen LogP contribution >= 0.6 is 11.3 Å². The molecular weight excluding hydrogens is 316 g/mol. The Kier molecular flexibility index (Phi) is 5.87. The molecule has 0 fully saturated rings. The van der Waals surface area contributed by atoms with Crippen molar-refractivity contribution in [2.24, 2.45) is 0 Å². The van der Waals surface area contributed by atoms with Gasteiger partial charge in [-0.15, -0.1) is 0 Å². The van der Waals surface area contributed by atoms with Crippen LogP contribution in [-0.2, 0) is 9.53 Å². The third-order valence-corrected chi connectivity index (χ3v) is 3.63. The molecule has 0 aliphatic heterocycles. The summed E-state index contributed by atoms with van der Waals surface area (Å²) in [5.74, 6) is -0.0233. The van der Waals surface area contributed by atoms with E-state index >= 15 is 0 Å². The third kappa shape index (κ3) is 4.93. The number of amides is 1. The summed E-state index contributed by atoms with van der Waals surface area (Å²) in [7, 11) is 1.29. The van der Waals surface area contributed by atoms with Crippen LogP contribution in [0.5, 0.6) is 5.75 Å². The lowest BCUT2D eigenvalue weighted by atomic mass is 10.2. The third-order valence-electron chi connectivity index (χ3n) is 2.74. The number of anilines is 1. The Morgan fingerprint density at radius 1 is 1.30 bits per heavy atom. The first kappa shape index (κ1) is 16.7. The lowest BCUT2D eigenvalue weighted by Gasteiger charge is -2.02. The molecular formula is C16H16N2O4S. The minimum absolute atomic E-state index is 0.329. The monoisotopic (exact) mass is 332 g/mol. The molecule has 0 atom stereocenters. The summed E-state index contributed by atoms with van der Waals surface area (Å²) in [5, 5.41) is 2.93. The number of rotatable bonds is 6. The van der Waals surface area contributed by atoms with Crippen LogP contribution in [0.3, 0.4) is 0 Å². The van der Waals surface area contributed by atoms with Gasteiger partial charge >= 0.3 is 5.97 Å². The molecule has 0 saturated carbocycles. The fourth-order valence-electron chi connectivity index (χ4n) is 1.69. The molecule has 120 valence electrons. The quantitative estimate of drug-likeness (QED) is 0.650. The van der Waals surface area contributed by atoms with E-state index < -0.39 is 5.97 Å². The summed E-state index contributed by atoms with van der Waals surface area (Å²) in [6, 6.07) is 7.39. The van der Waals surface area contributed by atoms with E-state index in [4.69, 9.17) is 4.74 Å². The van der Waals surface area contributed by atoms with Crippen LogP contribution in [0.15, 0.2) is 36.5 Å². The van der Waals surface area contributed by atoms with Gasteiger partial charge in [-0.2, -0.15) is 0 Å². The highest BCUT2D eigenvalue weighted by Crippen LogP contribution is 2.19. The van der Waals surface area contributed by atoms with Crippen LogP contribution in [0, 0.1) is 0 Å².